The lowest BCUT2D eigenvalue weighted by Crippen LogP contribution is -2.12. The van der Waals surface area contributed by atoms with Crippen LogP contribution in [0.3, 0.4) is 0 Å². The molecule has 6 nitrogen and oxygen atoms in total. The Bertz CT molecular complexity index is 1010. The van der Waals surface area contributed by atoms with Crippen LogP contribution in [0.25, 0.3) is 22.4 Å². The van der Waals surface area contributed by atoms with E-state index >= 15 is 0 Å². The first-order chi connectivity index (χ1) is 10.4. The largest absolute Gasteiger partial charge is 0.437 e. The second kappa shape index (κ2) is 5.27. The summed E-state index contributed by atoms with van der Waals surface area (Å²) in [4.78, 5) is 16.0. The van der Waals surface area contributed by atoms with Crippen LogP contribution in [0, 0.1) is 0 Å². The van der Waals surface area contributed by atoms with Gasteiger partial charge in [0.2, 0.25) is 15.9 Å². The maximum Gasteiger partial charge on any atom is 0.284 e. The van der Waals surface area contributed by atoms with Crippen LogP contribution in [-0.4, -0.2) is 19.7 Å². The molecule has 2 aromatic carbocycles. The van der Waals surface area contributed by atoms with Crippen molar-refractivity contribution in [3.63, 3.8) is 0 Å². The number of fused-ring (bicyclic) bond motifs is 1. The van der Waals surface area contributed by atoms with E-state index in [1.54, 1.807) is 48.5 Å². The van der Waals surface area contributed by atoms with Crippen LogP contribution in [0.4, 0.5) is 5.69 Å². The summed E-state index contributed by atoms with van der Waals surface area (Å²) in [6, 6.07) is 13.3. The molecule has 112 valence electrons. The Balaban J connectivity index is 2.22. The molecule has 0 amide bonds. The third-order valence-electron chi connectivity index (χ3n) is 2.98. The summed E-state index contributed by atoms with van der Waals surface area (Å²) in [7, 11) is -3.46. The Morgan fingerprint density at radius 2 is 1.73 bits per heavy atom. The lowest BCUT2D eigenvalue weighted by atomic mass is 10.2. The molecule has 0 bridgehead atoms. The summed E-state index contributed by atoms with van der Waals surface area (Å²) in [6.45, 7) is 0. The molecule has 0 saturated carbocycles. The Kier molecular flexibility index (Phi) is 3.42. The van der Waals surface area contributed by atoms with Crippen molar-refractivity contribution in [3.05, 3.63) is 58.9 Å². The van der Waals surface area contributed by atoms with Gasteiger partial charge in [-0.3, -0.25) is 9.52 Å². The molecule has 0 saturated heterocycles. The topological polar surface area (TPSA) is 89.3 Å². The van der Waals surface area contributed by atoms with Gasteiger partial charge in [-0.2, -0.15) is 4.98 Å². The Morgan fingerprint density at radius 1 is 1.05 bits per heavy atom. The Labute approximate surface area is 126 Å². The summed E-state index contributed by atoms with van der Waals surface area (Å²) in [5, 5.41) is 0.375. The van der Waals surface area contributed by atoms with Gasteiger partial charge in [0.05, 0.1) is 22.9 Å². The van der Waals surface area contributed by atoms with Crippen molar-refractivity contribution in [2.24, 2.45) is 0 Å². The Hall–Kier alpha value is -2.67. The number of aromatic nitrogens is 1. The van der Waals surface area contributed by atoms with Gasteiger partial charge in [0.25, 0.3) is 5.56 Å². The van der Waals surface area contributed by atoms with Crippen molar-refractivity contribution in [2.45, 2.75) is 0 Å². The second-order valence-electron chi connectivity index (χ2n) is 4.74. The van der Waals surface area contributed by atoms with E-state index in [2.05, 4.69) is 9.71 Å². The summed E-state index contributed by atoms with van der Waals surface area (Å²) in [5.74, 6) is 0.0652. The first-order valence-electron chi connectivity index (χ1n) is 6.41. The fourth-order valence-electron chi connectivity index (χ4n) is 2.09. The number of hydrogen-bond donors (Lipinski definition) is 1. The lowest BCUT2D eigenvalue weighted by molar-refractivity contribution is 0.595. The van der Waals surface area contributed by atoms with Crippen LogP contribution in [0.5, 0.6) is 0 Å². The Morgan fingerprint density at radius 3 is 2.50 bits per heavy atom. The molecule has 0 aliphatic rings. The molecule has 3 aromatic rings. The van der Waals surface area contributed by atoms with Gasteiger partial charge < -0.3 is 4.42 Å². The second-order valence-corrected chi connectivity index (χ2v) is 6.49. The van der Waals surface area contributed by atoms with Crippen LogP contribution < -0.4 is 10.3 Å². The van der Waals surface area contributed by atoms with Crippen LogP contribution in [0.1, 0.15) is 0 Å². The van der Waals surface area contributed by atoms with Crippen LogP contribution in [0.2, 0.25) is 0 Å². The van der Waals surface area contributed by atoms with Gasteiger partial charge >= 0.3 is 0 Å². The van der Waals surface area contributed by atoms with Gasteiger partial charge in [-0.05, 0) is 24.3 Å². The fourth-order valence-corrected chi connectivity index (χ4v) is 2.66. The van der Waals surface area contributed by atoms with Crippen LogP contribution in [0.15, 0.2) is 57.7 Å². The molecule has 1 heterocycles. The summed E-state index contributed by atoms with van der Waals surface area (Å²) in [5.41, 5.74) is 0.671. The van der Waals surface area contributed by atoms with Crippen molar-refractivity contribution >= 4 is 26.7 Å². The molecule has 1 aromatic heterocycles. The van der Waals surface area contributed by atoms with Crippen molar-refractivity contribution in [2.75, 3.05) is 11.0 Å². The third-order valence-corrected chi connectivity index (χ3v) is 3.57. The number of anilines is 1. The molecule has 22 heavy (non-hydrogen) atoms. The molecule has 0 spiro atoms. The first kappa shape index (κ1) is 14.3. The van der Waals surface area contributed by atoms with E-state index < -0.39 is 15.6 Å². The zero-order valence-corrected chi connectivity index (χ0v) is 12.4. The number of sulfonamides is 1. The molecule has 0 fully saturated rings. The van der Waals surface area contributed by atoms with Gasteiger partial charge in [0.1, 0.15) is 5.58 Å². The molecule has 7 heteroatoms. The molecule has 1 N–H and O–H groups in total. The quantitative estimate of drug-likeness (QED) is 0.800. The fraction of sp³-hybridized carbons (Fsp3) is 0.0667. The van der Waals surface area contributed by atoms with Gasteiger partial charge in [-0.1, -0.05) is 24.3 Å². The van der Waals surface area contributed by atoms with Crippen molar-refractivity contribution in [3.8, 4) is 11.5 Å². The van der Waals surface area contributed by atoms with Crippen molar-refractivity contribution < 1.29 is 12.8 Å². The molecule has 0 radical (unpaired) electrons. The van der Waals surface area contributed by atoms with Gasteiger partial charge in [-0.25, -0.2) is 8.42 Å². The smallest absolute Gasteiger partial charge is 0.284 e. The average molecular weight is 316 g/mol. The van der Waals surface area contributed by atoms with E-state index in [0.717, 1.165) is 6.26 Å². The minimum Gasteiger partial charge on any atom is -0.437 e. The van der Waals surface area contributed by atoms with Crippen molar-refractivity contribution in [1.29, 1.82) is 0 Å². The lowest BCUT2D eigenvalue weighted by Gasteiger charge is -2.09. The normalized spacial score (nSPS) is 11.5. The van der Waals surface area contributed by atoms with Gasteiger partial charge in [0, 0.05) is 0 Å². The summed E-state index contributed by atoms with van der Waals surface area (Å²) in [6.07, 6.45) is 1.05. The predicted molar refractivity (Wildman–Crippen MR) is 84.2 cm³/mol. The minimum atomic E-state index is -3.46. The first-order valence-corrected chi connectivity index (χ1v) is 8.30. The maximum atomic E-state index is 12.1. The molecule has 0 atom stereocenters. The highest BCUT2D eigenvalue weighted by molar-refractivity contribution is 7.92. The van der Waals surface area contributed by atoms with E-state index in [0.29, 0.717) is 22.2 Å². The third kappa shape index (κ3) is 2.84. The summed E-state index contributed by atoms with van der Waals surface area (Å²) < 4.78 is 30.9. The van der Waals surface area contributed by atoms with Crippen LogP contribution >= 0.6 is 0 Å². The highest BCUT2D eigenvalue weighted by Gasteiger charge is 2.14. The number of para-hydroxylation sites is 2. The SMILES string of the molecule is CS(=O)(=O)Nc1ccccc1-c1nc(=O)c2ccccc2o1. The van der Waals surface area contributed by atoms with E-state index in [1.165, 1.54) is 0 Å². The minimum absolute atomic E-state index is 0.0652. The molecule has 0 aliphatic carbocycles. The molecule has 0 unspecified atom stereocenters. The molecule has 0 aliphatic heterocycles. The van der Waals surface area contributed by atoms with E-state index in [-0.39, 0.29) is 5.89 Å². The molecule has 3 rings (SSSR count). The highest BCUT2D eigenvalue weighted by atomic mass is 32.2. The number of nitrogens with one attached hydrogen (secondary N) is 1. The van der Waals surface area contributed by atoms with Crippen molar-refractivity contribution in [1.82, 2.24) is 4.98 Å². The average Bonchev–Trinajstić information content (AvgIpc) is 2.46. The zero-order valence-electron chi connectivity index (χ0n) is 11.6. The van der Waals surface area contributed by atoms with E-state index in [4.69, 9.17) is 4.42 Å². The van der Waals surface area contributed by atoms with E-state index in [1.807, 2.05) is 0 Å². The van der Waals surface area contributed by atoms with Crippen LogP contribution in [-0.2, 0) is 10.0 Å². The molecular formula is C15H12N2O4S. The van der Waals surface area contributed by atoms with Gasteiger partial charge in [0.15, 0.2) is 0 Å². The summed E-state index contributed by atoms with van der Waals surface area (Å²) >= 11 is 0. The number of hydrogen-bond acceptors (Lipinski definition) is 5. The van der Waals surface area contributed by atoms with E-state index in [9.17, 15) is 13.2 Å². The predicted octanol–water partition coefficient (Wildman–Crippen LogP) is 2.23. The number of benzene rings is 2. The molecular weight excluding hydrogens is 304 g/mol. The standard InChI is InChI=1S/C15H12N2O4S/c1-22(19,20)17-12-8-4-2-6-10(12)15-16-14(18)11-7-3-5-9-13(11)21-15/h2-9,17H,1H3. The highest BCUT2D eigenvalue weighted by Crippen LogP contribution is 2.27. The number of rotatable bonds is 3. The number of nitrogens with zero attached hydrogens (tertiary/aromatic N) is 1. The maximum absolute atomic E-state index is 12.1. The van der Waals surface area contributed by atoms with Gasteiger partial charge in [-0.15, -0.1) is 0 Å². The zero-order chi connectivity index (χ0) is 15.7. The monoisotopic (exact) mass is 316 g/mol.